The van der Waals surface area contributed by atoms with Crippen LogP contribution < -0.4 is 5.32 Å². The number of hydrogen-bond acceptors (Lipinski definition) is 3. The Morgan fingerprint density at radius 2 is 2.00 bits per heavy atom. The van der Waals surface area contributed by atoms with Gasteiger partial charge in [-0.15, -0.1) is 0 Å². The molecule has 0 spiro atoms. The Bertz CT molecular complexity index is 244. The Kier molecular flexibility index (Phi) is 4.76. The maximum absolute atomic E-state index is 8.92. The van der Waals surface area contributed by atoms with Crippen molar-refractivity contribution in [2.45, 2.75) is 51.6 Å². The van der Waals surface area contributed by atoms with Crippen LogP contribution in [0, 0.1) is 16.7 Å². The number of nitriles is 1. The summed E-state index contributed by atoms with van der Waals surface area (Å²) in [5.74, 6) is 0. The van der Waals surface area contributed by atoms with Crippen molar-refractivity contribution < 1.29 is 0 Å². The van der Waals surface area contributed by atoms with E-state index in [4.69, 9.17) is 5.26 Å². The van der Waals surface area contributed by atoms with Crippen LogP contribution in [0.25, 0.3) is 0 Å². The lowest BCUT2D eigenvalue weighted by atomic mass is 9.75. The summed E-state index contributed by atoms with van der Waals surface area (Å²) < 4.78 is 0. The molecule has 0 amide bonds. The maximum atomic E-state index is 8.92. The molecule has 1 N–H and O–H groups in total. The smallest absolute Gasteiger partial charge is 0.108 e. The minimum Gasteiger partial charge on any atom is -0.304 e. The summed E-state index contributed by atoms with van der Waals surface area (Å²) in [5, 5.41) is 12.0. The number of hydrogen-bond donors (Lipinski definition) is 1. The summed E-state index contributed by atoms with van der Waals surface area (Å²) in [6, 6.07) is 2.91. The highest BCUT2D eigenvalue weighted by Gasteiger charge is 2.29. The van der Waals surface area contributed by atoms with Crippen LogP contribution in [0.4, 0.5) is 0 Å². The molecule has 1 unspecified atom stereocenters. The molecule has 0 aromatic heterocycles. The third-order valence-electron chi connectivity index (χ3n) is 3.91. The van der Waals surface area contributed by atoms with Gasteiger partial charge in [0.2, 0.25) is 0 Å². The first kappa shape index (κ1) is 13.5. The average molecular weight is 223 g/mol. The summed E-state index contributed by atoms with van der Waals surface area (Å²) in [5.41, 5.74) is 0.523. The van der Waals surface area contributed by atoms with Crippen molar-refractivity contribution in [3.05, 3.63) is 0 Å². The lowest BCUT2D eigenvalue weighted by molar-refractivity contribution is 0.124. The Morgan fingerprint density at radius 3 is 2.44 bits per heavy atom. The van der Waals surface area contributed by atoms with Gasteiger partial charge in [-0.05, 0) is 45.2 Å². The van der Waals surface area contributed by atoms with Crippen molar-refractivity contribution in [1.29, 1.82) is 5.26 Å². The quantitative estimate of drug-likeness (QED) is 0.792. The topological polar surface area (TPSA) is 39.1 Å². The monoisotopic (exact) mass is 223 g/mol. The van der Waals surface area contributed by atoms with Crippen LogP contribution in [0.2, 0.25) is 0 Å². The van der Waals surface area contributed by atoms with E-state index in [0.717, 1.165) is 6.54 Å². The summed E-state index contributed by atoms with van der Waals surface area (Å²) in [6.45, 7) is 5.54. The highest BCUT2D eigenvalue weighted by atomic mass is 15.1. The van der Waals surface area contributed by atoms with E-state index in [0.29, 0.717) is 11.5 Å². The zero-order valence-electron chi connectivity index (χ0n) is 11.1. The fourth-order valence-corrected chi connectivity index (χ4v) is 2.46. The predicted octanol–water partition coefficient (Wildman–Crippen LogP) is 2.00. The molecular formula is C13H25N3. The van der Waals surface area contributed by atoms with Gasteiger partial charge in [0.25, 0.3) is 0 Å². The van der Waals surface area contributed by atoms with E-state index in [1.54, 1.807) is 0 Å². The van der Waals surface area contributed by atoms with Crippen molar-refractivity contribution in [2.24, 2.45) is 5.41 Å². The van der Waals surface area contributed by atoms with Crippen molar-refractivity contribution in [3.63, 3.8) is 0 Å². The second kappa shape index (κ2) is 5.65. The highest BCUT2D eigenvalue weighted by Crippen LogP contribution is 2.36. The maximum Gasteiger partial charge on any atom is 0.108 e. The average Bonchev–Trinajstić information content (AvgIpc) is 2.25. The predicted molar refractivity (Wildman–Crippen MR) is 67.1 cm³/mol. The molecular weight excluding hydrogens is 198 g/mol. The molecule has 16 heavy (non-hydrogen) atoms. The van der Waals surface area contributed by atoms with Crippen LogP contribution in [0.3, 0.4) is 0 Å². The Balaban J connectivity index is 2.39. The summed E-state index contributed by atoms with van der Waals surface area (Å²) in [7, 11) is 4.00. The van der Waals surface area contributed by atoms with Crippen molar-refractivity contribution in [2.75, 3.05) is 20.6 Å². The van der Waals surface area contributed by atoms with E-state index in [2.05, 4.69) is 37.2 Å². The van der Waals surface area contributed by atoms with Gasteiger partial charge in [-0.2, -0.15) is 5.26 Å². The molecule has 1 aliphatic carbocycles. The molecule has 0 radical (unpaired) electrons. The van der Waals surface area contributed by atoms with E-state index in [1.807, 2.05) is 7.05 Å². The Hall–Kier alpha value is -0.590. The number of nitrogens with zero attached hydrogens (tertiary/aromatic N) is 2. The fraction of sp³-hybridized carbons (Fsp3) is 0.923. The molecule has 0 aliphatic heterocycles. The molecule has 1 aliphatic rings. The van der Waals surface area contributed by atoms with E-state index in [9.17, 15) is 0 Å². The Morgan fingerprint density at radius 1 is 1.44 bits per heavy atom. The van der Waals surface area contributed by atoms with Crippen LogP contribution >= 0.6 is 0 Å². The van der Waals surface area contributed by atoms with Gasteiger partial charge >= 0.3 is 0 Å². The molecule has 1 atom stereocenters. The standard InChI is InChI=1S/C13H25N3/c1-13(2)7-5-12(6-8-13)16(4)10-11(9-14)15-3/h11-12,15H,5-8,10H2,1-4H3. The van der Waals surface area contributed by atoms with Gasteiger partial charge in [0.05, 0.1) is 6.07 Å². The van der Waals surface area contributed by atoms with E-state index in [1.165, 1.54) is 25.7 Å². The highest BCUT2D eigenvalue weighted by molar-refractivity contribution is 4.92. The van der Waals surface area contributed by atoms with Gasteiger partial charge in [0.1, 0.15) is 6.04 Å². The van der Waals surface area contributed by atoms with Gasteiger partial charge in [-0.3, -0.25) is 0 Å². The molecule has 1 rings (SSSR count). The van der Waals surface area contributed by atoms with Gasteiger partial charge < -0.3 is 10.2 Å². The second-order valence-corrected chi connectivity index (χ2v) is 5.81. The Labute approximate surface area is 99.8 Å². The molecule has 1 saturated carbocycles. The minimum absolute atomic E-state index is 0.0417. The molecule has 1 fully saturated rings. The van der Waals surface area contributed by atoms with Gasteiger partial charge in [-0.25, -0.2) is 0 Å². The van der Waals surface area contributed by atoms with E-state index < -0.39 is 0 Å². The zero-order chi connectivity index (χ0) is 12.2. The normalized spacial score (nSPS) is 23.0. The molecule has 3 nitrogen and oxygen atoms in total. The zero-order valence-corrected chi connectivity index (χ0v) is 11.1. The third kappa shape index (κ3) is 3.77. The van der Waals surface area contributed by atoms with Crippen LogP contribution in [0.15, 0.2) is 0 Å². The first-order valence-corrected chi connectivity index (χ1v) is 6.25. The molecule has 0 bridgehead atoms. The van der Waals surface area contributed by atoms with Gasteiger partial charge in [0, 0.05) is 12.6 Å². The lowest BCUT2D eigenvalue weighted by Gasteiger charge is -2.39. The van der Waals surface area contributed by atoms with Crippen molar-refractivity contribution in [1.82, 2.24) is 10.2 Å². The first-order valence-electron chi connectivity index (χ1n) is 6.25. The van der Waals surface area contributed by atoms with Crippen LogP contribution in [0.1, 0.15) is 39.5 Å². The molecule has 0 saturated heterocycles. The second-order valence-electron chi connectivity index (χ2n) is 5.81. The minimum atomic E-state index is -0.0417. The van der Waals surface area contributed by atoms with Gasteiger partial charge in [-0.1, -0.05) is 13.8 Å². The molecule has 3 heteroatoms. The molecule has 0 heterocycles. The molecule has 92 valence electrons. The van der Waals surface area contributed by atoms with Crippen molar-refractivity contribution in [3.8, 4) is 6.07 Å². The fourth-order valence-electron chi connectivity index (χ4n) is 2.46. The number of nitrogens with one attached hydrogen (secondary N) is 1. The largest absolute Gasteiger partial charge is 0.304 e. The molecule has 0 aromatic rings. The number of likely N-dealkylation sites (N-methyl/N-ethyl adjacent to an activating group) is 2. The van der Waals surface area contributed by atoms with Crippen molar-refractivity contribution >= 4 is 0 Å². The van der Waals surface area contributed by atoms with Crippen LogP contribution in [0.5, 0.6) is 0 Å². The van der Waals surface area contributed by atoms with Gasteiger partial charge in [0.15, 0.2) is 0 Å². The molecule has 0 aromatic carbocycles. The van der Waals surface area contributed by atoms with Crippen LogP contribution in [-0.2, 0) is 0 Å². The lowest BCUT2D eigenvalue weighted by Crippen LogP contribution is -2.43. The summed E-state index contributed by atoms with van der Waals surface area (Å²) in [6.07, 6.45) is 5.15. The third-order valence-corrected chi connectivity index (χ3v) is 3.91. The van der Waals surface area contributed by atoms with E-state index >= 15 is 0 Å². The van der Waals surface area contributed by atoms with E-state index in [-0.39, 0.29) is 6.04 Å². The SMILES string of the molecule is CNC(C#N)CN(C)C1CCC(C)(C)CC1. The number of rotatable bonds is 4. The van der Waals surface area contributed by atoms with Crippen LogP contribution in [-0.4, -0.2) is 37.6 Å². The summed E-state index contributed by atoms with van der Waals surface area (Å²) in [4.78, 5) is 2.35. The summed E-state index contributed by atoms with van der Waals surface area (Å²) >= 11 is 0. The first-order chi connectivity index (χ1) is 7.48.